The van der Waals surface area contributed by atoms with Gasteiger partial charge in [0.1, 0.15) is 17.3 Å². The number of ketones is 1. The Morgan fingerprint density at radius 2 is 1.62 bits per heavy atom. The molecular formula is C22H38BrNO4S. The van der Waals surface area contributed by atoms with Crippen LogP contribution < -0.4 is 26.6 Å². The van der Waals surface area contributed by atoms with E-state index in [0.29, 0.717) is 35.2 Å². The highest BCUT2D eigenvalue weighted by Crippen LogP contribution is 2.28. The number of halogens is 1. The predicted octanol–water partition coefficient (Wildman–Crippen LogP) is 0.282. The first kappa shape index (κ1) is 28.2. The quantitative estimate of drug-likeness (QED) is 0.256. The summed E-state index contributed by atoms with van der Waals surface area (Å²) in [7, 11) is -0.306. The molecule has 0 amide bonds. The van der Waals surface area contributed by atoms with Crippen LogP contribution in [0, 0.1) is 0 Å². The number of aliphatic hydroxyl groups excluding tert-OH is 2. The van der Waals surface area contributed by atoms with Crippen molar-refractivity contribution in [2.45, 2.75) is 46.5 Å². The Morgan fingerprint density at radius 1 is 1.03 bits per heavy atom. The smallest absolute Gasteiger partial charge is 0.215 e. The lowest BCUT2D eigenvalue weighted by atomic mass is 10.1. The molecule has 2 N–H and O–H groups in total. The van der Waals surface area contributed by atoms with Gasteiger partial charge in [0.25, 0.3) is 0 Å². The molecule has 168 valence electrons. The molecule has 0 aromatic heterocycles. The Bertz CT molecular complexity index is 560. The lowest BCUT2D eigenvalue weighted by Gasteiger charge is -2.25. The fourth-order valence-electron chi connectivity index (χ4n) is 3.05. The fourth-order valence-corrected chi connectivity index (χ4v) is 4.58. The monoisotopic (exact) mass is 491 g/mol. The van der Waals surface area contributed by atoms with Crippen LogP contribution in [0.2, 0.25) is 0 Å². The Morgan fingerprint density at radius 3 is 2.10 bits per heavy atom. The summed E-state index contributed by atoms with van der Waals surface area (Å²) in [6.07, 6.45) is 4.57. The second-order valence-electron chi connectivity index (χ2n) is 6.84. The molecule has 0 radical (unpaired) electrons. The molecule has 1 aromatic carbocycles. The van der Waals surface area contributed by atoms with Gasteiger partial charge in [-0.15, -0.1) is 0 Å². The first-order valence-corrected chi connectivity index (χ1v) is 12.2. The third kappa shape index (κ3) is 10.2. The summed E-state index contributed by atoms with van der Waals surface area (Å²) < 4.78 is 5.82. The van der Waals surface area contributed by atoms with Crippen LogP contribution in [-0.2, 0) is 10.9 Å². The summed E-state index contributed by atoms with van der Waals surface area (Å²) in [5, 5.41) is 18.4. The Balaban J connectivity index is 0.00000784. The van der Waals surface area contributed by atoms with Crippen LogP contribution in [0.1, 0.15) is 56.8 Å². The van der Waals surface area contributed by atoms with Crippen LogP contribution >= 0.6 is 0 Å². The van der Waals surface area contributed by atoms with Crippen LogP contribution in [0.25, 0.3) is 0 Å². The number of benzene rings is 1. The molecular weight excluding hydrogens is 454 g/mol. The Labute approximate surface area is 189 Å². The van der Waals surface area contributed by atoms with E-state index in [1.54, 1.807) is 0 Å². The van der Waals surface area contributed by atoms with Crippen molar-refractivity contribution in [3.05, 3.63) is 23.8 Å². The summed E-state index contributed by atoms with van der Waals surface area (Å²) in [6, 6.07) is 5.91. The third-order valence-electron chi connectivity index (χ3n) is 4.59. The predicted molar refractivity (Wildman–Crippen MR) is 120 cm³/mol. The highest BCUT2D eigenvalue weighted by atomic mass is 79.9. The second-order valence-corrected chi connectivity index (χ2v) is 9.17. The summed E-state index contributed by atoms with van der Waals surface area (Å²) in [5.41, 5.74) is 1.71. The average Bonchev–Trinajstić information content (AvgIpc) is 2.68. The topological polar surface area (TPSA) is 70.0 Å². The van der Waals surface area contributed by atoms with E-state index < -0.39 is 0 Å². The molecule has 0 aliphatic carbocycles. The minimum absolute atomic E-state index is 0. The molecule has 0 aliphatic rings. The van der Waals surface area contributed by atoms with Crippen LogP contribution in [0.4, 0.5) is 5.69 Å². The molecule has 5 nitrogen and oxygen atoms in total. The number of aliphatic hydroxyl groups is 2. The number of nitrogens with zero attached hydrogens (tertiary/aromatic N) is 1. The van der Waals surface area contributed by atoms with Gasteiger partial charge in [-0.1, -0.05) is 26.7 Å². The number of carbonyl (C=O) groups is 1. The molecule has 0 heterocycles. The summed E-state index contributed by atoms with van der Waals surface area (Å²) in [5.74, 6) is 2.11. The molecule has 1 rings (SSSR count). The molecule has 0 saturated carbocycles. The highest BCUT2D eigenvalue weighted by molar-refractivity contribution is 7.97. The second kappa shape index (κ2) is 17.0. The number of hydrogen-bond donors (Lipinski definition) is 2. The standard InChI is InChI=1S/C22H38NO4S.BrH/c1-4-7-11-23(12-8-5-2)19-9-10-20(22(17-19)27-6-3)21(26)18-28(15-13-24)16-14-25;/h9-10,17,24-25H,4-8,11-16,18H2,1-3H3;1H/q+1;/p-1. The van der Waals surface area contributed by atoms with E-state index in [1.807, 2.05) is 25.1 Å². The minimum Gasteiger partial charge on any atom is -1.00 e. The van der Waals surface area contributed by atoms with E-state index >= 15 is 0 Å². The van der Waals surface area contributed by atoms with Crippen molar-refractivity contribution >= 4 is 22.4 Å². The van der Waals surface area contributed by atoms with Crippen molar-refractivity contribution < 1.29 is 36.7 Å². The summed E-state index contributed by atoms with van der Waals surface area (Å²) >= 11 is 0. The normalized spacial score (nSPS) is 10.7. The maximum absolute atomic E-state index is 12.9. The number of unbranched alkanes of at least 4 members (excludes halogenated alkanes) is 2. The average molecular weight is 493 g/mol. The first-order chi connectivity index (χ1) is 13.6. The number of hydrogen-bond acceptors (Lipinski definition) is 5. The zero-order chi connectivity index (χ0) is 20.8. The molecule has 0 atom stereocenters. The van der Waals surface area contributed by atoms with Crippen molar-refractivity contribution in [1.29, 1.82) is 0 Å². The van der Waals surface area contributed by atoms with Crippen LogP contribution in [-0.4, -0.2) is 66.2 Å². The number of carbonyl (C=O) groups excluding carboxylic acids is 1. The van der Waals surface area contributed by atoms with Gasteiger partial charge in [-0.05, 0) is 31.9 Å². The summed E-state index contributed by atoms with van der Waals surface area (Å²) in [4.78, 5) is 15.3. The molecule has 0 aliphatic heterocycles. The molecule has 1 aromatic rings. The summed E-state index contributed by atoms with van der Waals surface area (Å²) in [6.45, 7) is 8.91. The molecule has 0 spiro atoms. The van der Waals surface area contributed by atoms with Crippen LogP contribution in [0.15, 0.2) is 18.2 Å². The van der Waals surface area contributed by atoms with Crippen LogP contribution in [0.5, 0.6) is 5.75 Å². The lowest BCUT2D eigenvalue weighted by molar-refractivity contribution is -0.0000169. The molecule has 7 heteroatoms. The van der Waals surface area contributed by atoms with Crippen LogP contribution in [0.3, 0.4) is 0 Å². The van der Waals surface area contributed by atoms with Crippen molar-refractivity contribution in [3.8, 4) is 5.75 Å². The molecule has 0 saturated heterocycles. The van der Waals surface area contributed by atoms with Gasteiger partial charge in [0.15, 0.2) is 5.75 Å². The van der Waals surface area contributed by atoms with Crippen molar-refractivity contribution in [2.24, 2.45) is 0 Å². The van der Waals surface area contributed by atoms with E-state index in [2.05, 4.69) is 18.7 Å². The molecule has 0 unspecified atom stereocenters. The Hall–Kier alpha value is -0.760. The third-order valence-corrected chi connectivity index (χ3v) is 6.78. The van der Waals surface area contributed by atoms with Gasteiger partial charge in [0.05, 0.1) is 25.4 Å². The number of Topliss-reactive ketones (excluding diaryl/α,β-unsaturated/α-hetero) is 1. The van der Waals surface area contributed by atoms with E-state index in [1.165, 1.54) is 0 Å². The van der Waals surface area contributed by atoms with E-state index in [4.69, 9.17) is 4.74 Å². The highest BCUT2D eigenvalue weighted by Gasteiger charge is 2.25. The zero-order valence-electron chi connectivity index (χ0n) is 18.2. The maximum atomic E-state index is 12.9. The first-order valence-electron chi connectivity index (χ1n) is 10.5. The maximum Gasteiger partial charge on any atom is 0.215 e. The van der Waals surface area contributed by atoms with Gasteiger partial charge in [0, 0.05) is 35.7 Å². The van der Waals surface area contributed by atoms with Gasteiger partial charge in [-0.2, -0.15) is 0 Å². The van der Waals surface area contributed by atoms with Gasteiger partial charge >= 0.3 is 0 Å². The van der Waals surface area contributed by atoms with Gasteiger partial charge < -0.3 is 36.8 Å². The minimum atomic E-state index is -0.306. The molecule has 0 fully saturated rings. The van der Waals surface area contributed by atoms with Crippen molar-refractivity contribution in [1.82, 2.24) is 0 Å². The SMILES string of the molecule is CCCCN(CCCC)c1ccc(C(=O)C[S+](CCO)CCO)c(OCC)c1.[Br-]. The van der Waals surface area contributed by atoms with E-state index in [-0.39, 0.29) is 46.9 Å². The number of anilines is 1. The van der Waals surface area contributed by atoms with Crippen molar-refractivity contribution in [2.75, 3.05) is 55.1 Å². The van der Waals surface area contributed by atoms with E-state index in [0.717, 1.165) is 44.5 Å². The van der Waals surface area contributed by atoms with Gasteiger partial charge in [0.2, 0.25) is 5.78 Å². The van der Waals surface area contributed by atoms with Gasteiger partial charge in [-0.3, -0.25) is 4.79 Å². The fraction of sp³-hybridized carbons (Fsp3) is 0.682. The number of ether oxygens (including phenoxy) is 1. The van der Waals surface area contributed by atoms with E-state index in [9.17, 15) is 15.0 Å². The number of rotatable bonds is 16. The molecule has 0 bridgehead atoms. The molecule has 29 heavy (non-hydrogen) atoms. The largest absolute Gasteiger partial charge is 1.00 e. The zero-order valence-corrected chi connectivity index (χ0v) is 20.6. The van der Waals surface area contributed by atoms with Gasteiger partial charge in [-0.25, -0.2) is 0 Å². The van der Waals surface area contributed by atoms with Crippen molar-refractivity contribution in [3.63, 3.8) is 0 Å². The lowest BCUT2D eigenvalue weighted by Crippen LogP contribution is -3.00. The Kier molecular flexibility index (Phi) is 16.5.